The summed E-state index contributed by atoms with van der Waals surface area (Å²) in [6.45, 7) is 1.85. The van der Waals surface area contributed by atoms with Gasteiger partial charge in [0, 0.05) is 17.3 Å². The number of hydrogen-bond acceptors (Lipinski definition) is 2. The monoisotopic (exact) mass is 400 g/mol. The molecule has 0 fully saturated rings. The molecule has 0 aromatic heterocycles. The fraction of sp³-hybridized carbons (Fsp3) is 0.120. The molecule has 0 unspecified atom stereocenters. The zero-order valence-corrected chi connectivity index (χ0v) is 16.5. The first-order valence-electron chi connectivity index (χ1n) is 9.71. The molecular formula is C25H21FN2O2. The van der Waals surface area contributed by atoms with Crippen LogP contribution in [0.15, 0.2) is 78.9 Å². The molecule has 1 heterocycles. The number of aryl methyl sites for hydroxylation is 1. The lowest BCUT2D eigenvalue weighted by molar-refractivity contribution is -0.131. The molecular weight excluding hydrogens is 379 g/mol. The Kier molecular flexibility index (Phi) is 5.44. The fourth-order valence-corrected chi connectivity index (χ4v) is 3.66. The van der Waals surface area contributed by atoms with Gasteiger partial charge in [0.1, 0.15) is 12.4 Å². The quantitative estimate of drug-likeness (QED) is 0.647. The first-order chi connectivity index (χ1) is 14.5. The molecule has 0 spiro atoms. The Morgan fingerprint density at radius 3 is 2.53 bits per heavy atom. The predicted molar refractivity (Wildman–Crippen MR) is 115 cm³/mol. The van der Waals surface area contributed by atoms with Gasteiger partial charge in [0.2, 0.25) is 11.8 Å². The highest BCUT2D eigenvalue weighted by atomic mass is 19.1. The molecule has 150 valence electrons. The van der Waals surface area contributed by atoms with E-state index in [4.69, 9.17) is 0 Å². The van der Waals surface area contributed by atoms with E-state index in [-0.39, 0.29) is 24.2 Å². The normalized spacial score (nSPS) is 16.1. The van der Waals surface area contributed by atoms with Crippen molar-refractivity contribution in [2.24, 2.45) is 0 Å². The van der Waals surface area contributed by atoms with E-state index in [0.29, 0.717) is 5.69 Å². The largest absolute Gasteiger partial charge is 0.324 e. The number of amides is 2. The van der Waals surface area contributed by atoms with Crippen molar-refractivity contribution in [3.8, 4) is 0 Å². The van der Waals surface area contributed by atoms with E-state index >= 15 is 0 Å². The second kappa shape index (κ2) is 8.33. The zero-order valence-electron chi connectivity index (χ0n) is 16.5. The van der Waals surface area contributed by atoms with Crippen LogP contribution in [0.3, 0.4) is 0 Å². The predicted octanol–water partition coefficient (Wildman–Crippen LogP) is 4.72. The molecule has 3 aromatic carbocycles. The molecule has 0 aliphatic carbocycles. The third kappa shape index (κ3) is 4.15. The van der Waals surface area contributed by atoms with Crippen LogP contribution in [0.1, 0.15) is 28.3 Å². The van der Waals surface area contributed by atoms with Gasteiger partial charge in [-0.2, -0.15) is 0 Å². The minimum Gasteiger partial charge on any atom is -0.324 e. The Bertz CT molecular complexity index is 1110. The molecule has 1 N–H and O–H groups in total. The van der Waals surface area contributed by atoms with Crippen molar-refractivity contribution in [2.45, 2.75) is 13.0 Å². The molecule has 1 aliphatic heterocycles. The van der Waals surface area contributed by atoms with E-state index in [1.165, 1.54) is 23.1 Å². The number of fused-ring (bicyclic) bond motifs is 1. The molecule has 4 rings (SSSR count). The molecule has 0 saturated carbocycles. The maximum absolute atomic E-state index is 13.6. The summed E-state index contributed by atoms with van der Waals surface area (Å²) in [5.74, 6) is -0.920. The van der Waals surface area contributed by atoms with E-state index in [2.05, 4.69) is 5.32 Å². The van der Waals surface area contributed by atoms with Crippen LogP contribution in [0.4, 0.5) is 10.1 Å². The van der Waals surface area contributed by atoms with Crippen molar-refractivity contribution in [3.63, 3.8) is 0 Å². The summed E-state index contributed by atoms with van der Waals surface area (Å²) in [5, 5.41) is 2.89. The average Bonchev–Trinajstić information content (AvgIpc) is 2.89. The Morgan fingerprint density at radius 2 is 1.80 bits per heavy atom. The summed E-state index contributed by atoms with van der Waals surface area (Å²) >= 11 is 0. The van der Waals surface area contributed by atoms with Gasteiger partial charge in [-0.3, -0.25) is 9.59 Å². The maximum atomic E-state index is 13.6. The van der Waals surface area contributed by atoms with E-state index in [1.807, 2.05) is 55.5 Å². The zero-order chi connectivity index (χ0) is 21.1. The first kappa shape index (κ1) is 19.6. The minimum atomic E-state index is -0.521. The first-order valence-corrected chi connectivity index (χ1v) is 9.71. The van der Waals surface area contributed by atoms with Crippen LogP contribution in [0, 0.1) is 12.7 Å². The molecule has 0 saturated heterocycles. The Hall–Kier alpha value is -3.73. The third-order valence-electron chi connectivity index (χ3n) is 5.09. The molecule has 0 radical (unpaired) electrons. The summed E-state index contributed by atoms with van der Waals surface area (Å²) in [7, 11) is 0. The van der Waals surface area contributed by atoms with E-state index in [1.54, 1.807) is 18.2 Å². The van der Waals surface area contributed by atoms with Crippen LogP contribution in [0.2, 0.25) is 0 Å². The van der Waals surface area contributed by atoms with Crippen molar-refractivity contribution in [3.05, 3.63) is 107 Å². The summed E-state index contributed by atoms with van der Waals surface area (Å²) in [6, 6.07) is 20.7. The van der Waals surface area contributed by atoms with Gasteiger partial charge in [-0.15, -0.1) is 0 Å². The lowest BCUT2D eigenvalue weighted by Gasteiger charge is -2.30. The lowest BCUT2D eigenvalue weighted by atomic mass is 9.94. The van der Waals surface area contributed by atoms with E-state index in [9.17, 15) is 14.0 Å². The highest BCUT2D eigenvalue weighted by Gasteiger charge is 2.32. The lowest BCUT2D eigenvalue weighted by Crippen LogP contribution is -2.38. The molecule has 4 nitrogen and oxygen atoms in total. The van der Waals surface area contributed by atoms with Crippen molar-refractivity contribution in [2.75, 3.05) is 11.9 Å². The Balaban J connectivity index is 1.79. The molecule has 5 heteroatoms. The maximum Gasteiger partial charge on any atom is 0.247 e. The van der Waals surface area contributed by atoms with Gasteiger partial charge < -0.3 is 10.2 Å². The Morgan fingerprint density at radius 1 is 1.07 bits per heavy atom. The van der Waals surface area contributed by atoms with Crippen molar-refractivity contribution < 1.29 is 14.0 Å². The van der Waals surface area contributed by atoms with Crippen LogP contribution in [-0.4, -0.2) is 23.3 Å². The van der Waals surface area contributed by atoms with Gasteiger partial charge in [-0.25, -0.2) is 4.39 Å². The van der Waals surface area contributed by atoms with Crippen LogP contribution in [0.5, 0.6) is 0 Å². The number of hydrogen-bond donors (Lipinski definition) is 1. The van der Waals surface area contributed by atoms with Gasteiger partial charge in [-0.05, 0) is 42.3 Å². The highest BCUT2D eigenvalue weighted by Crippen LogP contribution is 2.36. The van der Waals surface area contributed by atoms with Gasteiger partial charge in [0.25, 0.3) is 0 Å². The van der Waals surface area contributed by atoms with Gasteiger partial charge >= 0.3 is 0 Å². The number of benzene rings is 3. The number of anilines is 1. The molecule has 2 amide bonds. The number of halogens is 1. The van der Waals surface area contributed by atoms with Crippen LogP contribution < -0.4 is 5.32 Å². The van der Waals surface area contributed by atoms with Crippen LogP contribution in [0.25, 0.3) is 6.08 Å². The molecule has 30 heavy (non-hydrogen) atoms. The second-order valence-electron chi connectivity index (χ2n) is 7.30. The number of carbonyl (C=O) groups is 2. The molecule has 3 aromatic rings. The van der Waals surface area contributed by atoms with Crippen LogP contribution >= 0.6 is 0 Å². The summed E-state index contributed by atoms with van der Waals surface area (Å²) in [5.41, 5.74) is 4.08. The number of nitrogens with one attached hydrogen (secondary N) is 1. The average molecular weight is 400 g/mol. The smallest absolute Gasteiger partial charge is 0.247 e. The number of rotatable bonds is 3. The summed E-state index contributed by atoms with van der Waals surface area (Å²) < 4.78 is 13.6. The number of nitrogens with zero attached hydrogens (tertiary/aromatic N) is 1. The molecule has 1 aliphatic rings. The second-order valence-corrected chi connectivity index (χ2v) is 7.30. The SMILES string of the molecule is Cc1ccc2c(c1)[C@H](c1ccc(F)cc1)N(C(=O)/C=C\c1ccccc1)CC(=O)N2. The minimum absolute atomic E-state index is 0.103. The molecule has 0 bridgehead atoms. The topological polar surface area (TPSA) is 49.4 Å². The van der Waals surface area contributed by atoms with E-state index in [0.717, 1.165) is 22.3 Å². The standard InChI is InChI=1S/C25H21FN2O2/c1-17-7-13-22-21(15-17)25(19-9-11-20(26)12-10-19)28(16-23(29)27-22)24(30)14-8-18-5-3-2-4-6-18/h2-15,25H,16H2,1H3,(H,27,29)/b14-8-/t25-/m0/s1. The summed E-state index contributed by atoms with van der Waals surface area (Å²) in [4.78, 5) is 27.3. The highest BCUT2D eigenvalue weighted by molar-refractivity contribution is 6.00. The number of carbonyl (C=O) groups excluding carboxylic acids is 2. The van der Waals surface area contributed by atoms with Gasteiger partial charge in [0.05, 0.1) is 6.04 Å². The van der Waals surface area contributed by atoms with Crippen LogP contribution in [-0.2, 0) is 9.59 Å². The van der Waals surface area contributed by atoms with Gasteiger partial charge in [0.15, 0.2) is 0 Å². The Labute approximate surface area is 174 Å². The van der Waals surface area contributed by atoms with Crippen molar-refractivity contribution >= 4 is 23.6 Å². The van der Waals surface area contributed by atoms with E-state index < -0.39 is 6.04 Å². The van der Waals surface area contributed by atoms with Gasteiger partial charge in [-0.1, -0.05) is 60.2 Å². The third-order valence-corrected chi connectivity index (χ3v) is 5.09. The van der Waals surface area contributed by atoms with Crippen molar-refractivity contribution in [1.82, 2.24) is 4.90 Å². The fourth-order valence-electron chi connectivity index (χ4n) is 3.66. The molecule has 1 atom stereocenters. The summed E-state index contributed by atoms with van der Waals surface area (Å²) in [6.07, 6.45) is 3.20. The van der Waals surface area contributed by atoms with Crippen molar-refractivity contribution in [1.29, 1.82) is 0 Å².